The molecule has 3 N–H and O–H groups in total. The number of nitriles is 1. The van der Waals surface area contributed by atoms with Crippen molar-refractivity contribution in [3.8, 4) is 17.3 Å². The molecule has 2 aliphatic rings. The van der Waals surface area contributed by atoms with Gasteiger partial charge in [-0.25, -0.2) is 23.1 Å². The summed E-state index contributed by atoms with van der Waals surface area (Å²) in [6, 6.07) is 9.33. The van der Waals surface area contributed by atoms with Crippen LogP contribution in [0, 0.1) is 18.3 Å². The molecule has 2 aliphatic heterocycles. The van der Waals surface area contributed by atoms with Crippen molar-refractivity contribution in [2.75, 3.05) is 35.3 Å². The first kappa shape index (κ1) is 22.3. The number of rotatable bonds is 5. The lowest BCUT2D eigenvalue weighted by Gasteiger charge is -2.21. The minimum atomic E-state index is -3.06. The Morgan fingerprint density at radius 2 is 2.21 bits per heavy atom. The summed E-state index contributed by atoms with van der Waals surface area (Å²) in [5.41, 5.74) is 3.77. The van der Waals surface area contributed by atoms with Gasteiger partial charge in [-0.15, -0.1) is 0 Å². The van der Waals surface area contributed by atoms with Gasteiger partial charge in [-0.2, -0.15) is 10.4 Å². The molecule has 2 aromatic heterocycles. The van der Waals surface area contributed by atoms with E-state index in [2.05, 4.69) is 31.8 Å². The highest BCUT2D eigenvalue weighted by Gasteiger charge is 2.36. The molecule has 11 heteroatoms. The molecule has 0 spiro atoms. The topological polar surface area (TPSA) is 146 Å². The van der Waals surface area contributed by atoms with E-state index < -0.39 is 15.3 Å². The third-order valence-corrected chi connectivity index (χ3v) is 8.27. The molecule has 5 rings (SSSR count). The first-order chi connectivity index (χ1) is 16.2. The van der Waals surface area contributed by atoms with Crippen LogP contribution in [0.15, 0.2) is 30.5 Å². The average Bonchev–Trinajstić information content (AvgIpc) is 3.48. The summed E-state index contributed by atoms with van der Waals surface area (Å²) in [5, 5.41) is 30.6. The lowest BCUT2D eigenvalue weighted by atomic mass is 9.83. The molecule has 0 radical (unpaired) electrons. The fraction of sp³-hybridized carbons (Fsp3) is 0.391. The maximum Gasteiger partial charge on any atom is 0.228 e. The van der Waals surface area contributed by atoms with Gasteiger partial charge in [0.1, 0.15) is 11.9 Å². The number of aliphatic hydroxyl groups is 1. The third kappa shape index (κ3) is 3.89. The Balaban J connectivity index is 1.49. The van der Waals surface area contributed by atoms with E-state index >= 15 is 0 Å². The number of nitrogens with one attached hydrogen (secondary N) is 2. The zero-order valence-corrected chi connectivity index (χ0v) is 19.7. The van der Waals surface area contributed by atoms with Gasteiger partial charge in [-0.1, -0.05) is 6.92 Å². The Kier molecular flexibility index (Phi) is 5.30. The largest absolute Gasteiger partial charge is 0.395 e. The molecular formula is C23H25N7O3S. The first-order valence-electron chi connectivity index (χ1n) is 11.0. The molecule has 1 fully saturated rings. The number of anilines is 3. The molecule has 10 nitrogen and oxygen atoms in total. The Morgan fingerprint density at radius 3 is 2.91 bits per heavy atom. The molecule has 1 unspecified atom stereocenters. The van der Waals surface area contributed by atoms with E-state index in [4.69, 9.17) is 0 Å². The summed E-state index contributed by atoms with van der Waals surface area (Å²) in [6.07, 6.45) is 2.14. The molecular weight excluding hydrogens is 454 g/mol. The molecule has 0 aliphatic carbocycles. The minimum Gasteiger partial charge on any atom is -0.395 e. The SMILES string of the molecule is Cc1cc(Nc2nccc(-c3cc(C#N)c4c(c3)[C@@](C)(CO)CN4)n2)n(C2CCS(=O)(=O)C2)n1. The van der Waals surface area contributed by atoms with Gasteiger partial charge >= 0.3 is 0 Å². The van der Waals surface area contributed by atoms with E-state index in [1.54, 1.807) is 23.0 Å². The van der Waals surface area contributed by atoms with Crippen LogP contribution in [0.2, 0.25) is 0 Å². The van der Waals surface area contributed by atoms with E-state index in [-0.39, 0.29) is 24.2 Å². The normalized spacial score (nSPS) is 22.7. The fourth-order valence-electron chi connectivity index (χ4n) is 4.62. The van der Waals surface area contributed by atoms with Gasteiger partial charge in [0.25, 0.3) is 0 Å². The van der Waals surface area contributed by atoms with Gasteiger partial charge in [-0.3, -0.25) is 0 Å². The van der Waals surface area contributed by atoms with Gasteiger partial charge < -0.3 is 15.7 Å². The molecule has 2 atom stereocenters. The molecule has 4 heterocycles. The van der Waals surface area contributed by atoms with Gasteiger partial charge in [-0.05, 0) is 37.1 Å². The van der Waals surface area contributed by atoms with Crippen molar-refractivity contribution in [3.05, 3.63) is 47.3 Å². The molecule has 3 aromatic rings. The molecule has 176 valence electrons. The van der Waals surface area contributed by atoms with Crippen LogP contribution in [0.25, 0.3) is 11.3 Å². The fourth-order valence-corrected chi connectivity index (χ4v) is 6.31. The second kappa shape index (κ2) is 8.07. The van der Waals surface area contributed by atoms with Crippen LogP contribution in [0.4, 0.5) is 17.5 Å². The van der Waals surface area contributed by atoms with Crippen molar-refractivity contribution in [1.29, 1.82) is 5.26 Å². The Labute approximate surface area is 197 Å². The van der Waals surface area contributed by atoms with Crippen LogP contribution in [0.3, 0.4) is 0 Å². The second-order valence-electron chi connectivity index (χ2n) is 9.19. The minimum absolute atomic E-state index is 0.0435. The number of fused-ring (bicyclic) bond motifs is 1. The molecule has 0 saturated carbocycles. The maximum absolute atomic E-state index is 12.0. The zero-order valence-electron chi connectivity index (χ0n) is 18.9. The van der Waals surface area contributed by atoms with Gasteiger partial charge in [0.15, 0.2) is 9.84 Å². The van der Waals surface area contributed by atoms with Crippen LogP contribution in [-0.2, 0) is 15.3 Å². The number of nitrogens with zero attached hydrogens (tertiary/aromatic N) is 5. The maximum atomic E-state index is 12.0. The summed E-state index contributed by atoms with van der Waals surface area (Å²) in [6.45, 7) is 4.31. The van der Waals surface area contributed by atoms with Crippen LogP contribution in [-0.4, -0.2) is 57.9 Å². The predicted octanol–water partition coefficient (Wildman–Crippen LogP) is 2.30. The Morgan fingerprint density at radius 1 is 1.38 bits per heavy atom. The monoisotopic (exact) mass is 479 g/mol. The third-order valence-electron chi connectivity index (χ3n) is 6.52. The number of aryl methyl sites for hydroxylation is 1. The highest BCUT2D eigenvalue weighted by molar-refractivity contribution is 7.91. The predicted molar refractivity (Wildman–Crippen MR) is 128 cm³/mol. The van der Waals surface area contributed by atoms with Crippen LogP contribution >= 0.6 is 0 Å². The summed E-state index contributed by atoms with van der Waals surface area (Å²) < 4.78 is 25.6. The van der Waals surface area contributed by atoms with Gasteiger partial charge in [0, 0.05) is 29.8 Å². The zero-order chi connectivity index (χ0) is 24.1. The Hall–Kier alpha value is -3.49. The molecule has 1 saturated heterocycles. The highest BCUT2D eigenvalue weighted by Crippen LogP contribution is 2.41. The number of hydrogen-bond donors (Lipinski definition) is 3. The van der Waals surface area contributed by atoms with E-state index in [0.29, 0.717) is 36.0 Å². The summed E-state index contributed by atoms with van der Waals surface area (Å²) in [7, 11) is -3.06. The number of sulfone groups is 1. The molecule has 0 amide bonds. The van der Waals surface area contributed by atoms with Crippen LogP contribution < -0.4 is 10.6 Å². The van der Waals surface area contributed by atoms with Crippen molar-refractivity contribution >= 4 is 27.3 Å². The molecule has 34 heavy (non-hydrogen) atoms. The van der Waals surface area contributed by atoms with Crippen molar-refractivity contribution in [2.45, 2.75) is 31.7 Å². The number of aliphatic hydroxyl groups excluding tert-OH is 1. The van der Waals surface area contributed by atoms with Crippen molar-refractivity contribution in [3.63, 3.8) is 0 Å². The first-order valence-corrected chi connectivity index (χ1v) is 12.8. The lowest BCUT2D eigenvalue weighted by molar-refractivity contribution is 0.219. The number of hydrogen-bond acceptors (Lipinski definition) is 9. The second-order valence-corrected chi connectivity index (χ2v) is 11.4. The van der Waals surface area contributed by atoms with Gasteiger partial charge in [0.05, 0.1) is 46.8 Å². The van der Waals surface area contributed by atoms with Crippen LogP contribution in [0.5, 0.6) is 0 Å². The summed E-state index contributed by atoms with van der Waals surface area (Å²) in [5.74, 6) is 1.18. The van der Waals surface area contributed by atoms with Crippen LogP contribution in [0.1, 0.15) is 36.2 Å². The average molecular weight is 480 g/mol. The summed E-state index contributed by atoms with van der Waals surface area (Å²) in [4.78, 5) is 8.97. The quantitative estimate of drug-likeness (QED) is 0.501. The number of benzene rings is 1. The number of aromatic nitrogens is 4. The Bertz CT molecular complexity index is 1430. The summed E-state index contributed by atoms with van der Waals surface area (Å²) >= 11 is 0. The van der Waals surface area contributed by atoms with Crippen molar-refractivity contribution in [2.24, 2.45) is 0 Å². The van der Waals surface area contributed by atoms with E-state index in [1.807, 2.05) is 26.0 Å². The lowest BCUT2D eigenvalue weighted by Crippen LogP contribution is -2.28. The van der Waals surface area contributed by atoms with Crippen molar-refractivity contribution in [1.82, 2.24) is 19.7 Å². The van der Waals surface area contributed by atoms with Crippen molar-refractivity contribution < 1.29 is 13.5 Å². The van der Waals surface area contributed by atoms with E-state index in [0.717, 1.165) is 22.5 Å². The molecule has 1 aromatic carbocycles. The van der Waals surface area contributed by atoms with Gasteiger partial charge in [0.2, 0.25) is 5.95 Å². The standard InChI is InChI=1S/C23H25N7O3S/c1-14-7-20(30(29-14)17-4-6-34(32,33)11-17)28-22-25-5-3-19(27-22)15-8-16(10-24)21-18(9-15)23(2,13-31)12-26-21/h3,5,7-9,17,26,31H,4,6,11-13H2,1-2H3,(H,25,27,28)/t17?,23-/m1/s1. The van der Waals surface area contributed by atoms with E-state index in [9.17, 15) is 18.8 Å². The van der Waals surface area contributed by atoms with E-state index in [1.165, 1.54) is 0 Å². The molecule has 0 bridgehead atoms. The highest BCUT2D eigenvalue weighted by atomic mass is 32.2. The smallest absolute Gasteiger partial charge is 0.228 e.